The molecule has 0 aromatic heterocycles. The lowest BCUT2D eigenvalue weighted by atomic mass is 9.89. The monoisotopic (exact) mass is 257 g/mol. The highest BCUT2D eigenvalue weighted by Gasteiger charge is 2.32. The molecular formula is C14H18F3N. The maximum Gasteiger partial charge on any atom is 0.401 e. The van der Waals surface area contributed by atoms with Crippen LogP contribution in [0.5, 0.6) is 0 Å². The van der Waals surface area contributed by atoms with Crippen molar-refractivity contribution in [3.05, 3.63) is 35.4 Å². The highest BCUT2D eigenvalue weighted by Crippen LogP contribution is 2.29. The molecule has 0 amide bonds. The molecule has 0 unspecified atom stereocenters. The Morgan fingerprint density at radius 3 is 2.17 bits per heavy atom. The quantitative estimate of drug-likeness (QED) is 0.780. The Kier molecular flexibility index (Phi) is 3.95. The van der Waals surface area contributed by atoms with E-state index >= 15 is 0 Å². The molecule has 1 saturated heterocycles. The van der Waals surface area contributed by atoms with E-state index in [1.165, 1.54) is 16.0 Å². The smallest absolute Gasteiger partial charge is 0.295 e. The molecule has 1 fully saturated rings. The van der Waals surface area contributed by atoms with Crippen LogP contribution in [0.15, 0.2) is 24.3 Å². The summed E-state index contributed by atoms with van der Waals surface area (Å²) in [7, 11) is 0. The van der Waals surface area contributed by atoms with Gasteiger partial charge in [-0.05, 0) is 44.3 Å². The average molecular weight is 257 g/mol. The topological polar surface area (TPSA) is 3.24 Å². The summed E-state index contributed by atoms with van der Waals surface area (Å²) in [5, 5.41) is 0. The van der Waals surface area contributed by atoms with Crippen LogP contribution in [0.25, 0.3) is 0 Å². The van der Waals surface area contributed by atoms with Crippen LogP contribution in [-0.2, 0) is 0 Å². The number of likely N-dealkylation sites (tertiary alicyclic amines) is 1. The Labute approximate surface area is 106 Å². The third-order valence-electron chi connectivity index (χ3n) is 3.54. The van der Waals surface area contributed by atoms with E-state index in [0.717, 1.165) is 12.8 Å². The van der Waals surface area contributed by atoms with Crippen LogP contribution >= 0.6 is 0 Å². The Balaban J connectivity index is 1.88. The molecular weight excluding hydrogens is 239 g/mol. The number of rotatable bonds is 2. The van der Waals surface area contributed by atoms with E-state index in [-0.39, 0.29) is 0 Å². The lowest BCUT2D eigenvalue weighted by molar-refractivity contribution is -0.147. The zero-order valence-corrected chi connectivity index (χ0v) is 10.5. The summed E-state index contributed by atoms with van der Waals surface area (Å²) in [6, 6.07) is 8.33. The number of piperidine rings is 1. The number of alkyl halides is 3. The lowest BCUT2D eigenvalue weighted by Gasteiger charge is -2.32. The zero-order valence-electron chi connectivity index (χ0n) is 10.5. The van der Waals surface area contributed by atoms with Crippen LogP contribution in [-0.4, -0.2) is 30.7 Å². The summed E-state index contributed by atoms with van der Waals surface area (Å²) in [5.41, 5.74) is 2.47. The van der Waals surface area contributed by atoms with Gasteiger partial charge >= 0.3 is 6.18 Å². The molecule has 1 aromatic carbocycles. The normalized spacial score (nSPS) is 19.1. The van der Waals surface area contributed by atoms with E-state index < -0.39 is 12.7 Å². The molecule has 2 rings (SSSR count). The van der Waals surface area contributed by atoms with Crippen molar-refractivity contribution in [2.75, 3.05) is 19.6 Å². The van der Waals surface area contributed by atoms with Gasteiger partial charge in [0.2, 0.25) is 0 Å². The van der Waals surface area contributed by atoms with E-state index in [1.54, 1.807) is 0 Å². The van der Waals surface area contributed by atoms with Crippen LogP contribution in [0.4, 0.5) is 13.2 Å². The van der Waals surface area contributed by atoms with Gasteiger partial charge in [-0.1, -0.05) is 29.8 Å². The standard InChI is InChI=1S/C14H18F3N/c1-11-2-4-12(5-3-11)13-6-8-18(9-7-13)10-14(15,16)17/h2-5,13H,6-10H2,1H3. The van der Waals surface area contributed by atoms with E-state index in [9.17, 15) is 13.2 Å². The van der Waals surface area contributed by atoms with E-state index in [0.29, 0.717) is 19.0 Å². The summed E-state index contributed by atoms with van der Waals surface area (Å²) in [4.78, 5) is 1.50. The van der Waals surface area contributed by atoms with Gasteiger partial charge in [0.15, 0.2) is 0 Å². The summed E-state index contributed by atoms with van der Waals surface area (Å²) >= 11 is 0. The first-order chi connectivity index (χ1) is 8.44. The van der Waals surface area contributed by atoms with Gasteiger partial charge in [0.1, 0.15) is 0 Å². The molecule has 1 nitrogen and oxygen atoms in total. The minimum absolute atomic E-state index is 0.412. The maximum absolute atomic E-state index is 12.3. The fraction of sp³-hybridized carbons (Fsp3) is 0.571. The molecule has 0 bridgehead atoms. The molecule has 1 aliphatic heterocycles. The SMILES string of the molecule is Cc1ccc(C2CCN(CC(F)(F)F)CC2)cc1. The molecule has 0 N–H and O–H groups in total. The summed E-state index contributed by atoms with van der Waals surface area (Å²) in [6.07, 6.45) is -2.44. The van der Waals surface area contributed by atoms with E-state index in [2.05, 4.69) is 24.3 Å². The second kappa shape index (κ2) is 5.31. The summed E-state index contributed by atoms with van der Waals surface area (Å²) in [5.74, 6) is 0.412. The fourth-order valence-corrected chi connectivity index (χ4v) is 2.52. The van der Waals surface area contributed by atoms with Gasteiger partial charge < -0.3 is 0 Å². The second-order valence-electron chi connectivity index (χ2n) is 5.08. The highest BCUT2D eigenvalue weighted by atomic mass is 19.4. The molecule has 0 aliphatic carbocycles. The van der Waals surface area contributed by atoms with Gasteiger partial charge in [0.25, 0.3) is 0 Å². The number of hydrogen-bond donors (Lipinski definition) is 0. The van der Waals surface area contributed by atoms with Crippen LogP contribution in [0.2, 0.25) is 0 Å². The van der Waals surface area contributed by atoms with Crippen molar-refractivity contribution in [2.24, 2.45) is 0 Å². The first-order valence-electron chi connectivity index (χ1n) is 6.30. The fourth-order valence-electron chi connectivity index (χ4n) is 2.52. The second-order valence-corrected chi connectivity index (χ2v) is 5.08. The van der Waals surface area contributed by atoms with Crippen molar-refractivity contribution in [1.29, 1.82) is 0 Å². The van der Waals surface area contributed by atoms with Crippen LogP contribution in [0.1, 0.15) is 29.9 Å². The molecule has 0 spiro atoms. The number of nitrogens with zero attached hydrogens (tertiary/aromatic N) is 1. The minimum atomic E-state index is -4.07. The molecule has 100 valence electrons. The molecule has 0 saturated carbocycles. The number of aryl methyl sites for hydroxylation is 1. The number of benzene rings is 1. The lowest BCUT2D eigenvalue weighted by Crippen LogP contribution is -2.39. The van der Waals surface area contributed by atoms with Gasteiger partial charge in [-0.3, -0.25) is 4.90 Å². The first kappa shape index (κ1) is 13.4. The Morgan fingerprint density at radius 2 is 1.67 bits per heavy atom. The molecule has 1 aliphatic rings. The summed E-state index contributed by atoms with van der Waals surface area (Å²) in [6.45, 7) is 2.35. The first-order valence-corrected chi connectivity index (χ1v) is 6.30. The zero-order chi connectivity index (χ0) is 13.2. The van der Waals surface area contributed by atoms with Gasteiger partial charge in [-0.15, -0.1) is 0 Å². The van der Waals surface area contributed by atoms with Crippen LogP contribution < -0.4 is 0 Å². The van der Waals surface area contributed by atoms with Crippen molar-refractivity contribution in [3.8, 4) is 0 Å². The predicted octanol–water partition coefficient (Wildman–Crippen LogP) is 3.74. The molecule has 1 aromatic rings. The Bertz CT molecular complexity index is 375. The van der Waals surface area contributed by atoms with Crippen molar-refractivity contribution in [2.45, 2.75) is 31.9 Å². The van der Waals surface area contributed by atoms with Gasteiger partial charge in [-0.25, -0.2) is 0 Å². The third kappa shape index (κ3) is 3.73. The Hall–Kier alpha value is -1.03. The van der Waals surface area contributed by atoms with Crippen molar-refractivity contribution in [3.63, 3.8) is 0 Å². The average Bonchev–Trinajstić information content (AvgIpc) is 2.29. The Morgan fingerprint density at radius 1 is 1.11 bits per heavy atom. The highest BCUT2D eigenvalue weighted by molar-refractivity contribution is 5.24. The maximum atomic E-state index is 12.3. The molecule has 0 radical (unpaired) electrons. The molecule has 18 heavy (non-hydrogen) atoms. The van der Waals surface area contributed by atoms with Crippen LogP contribution in [0, 0.1) is 6.92 Å². The van der Waals surface area contributed by atoms with E-state index in [1.807, 2.05) is 6.92 Å². The molecule has 0 atom stereocenters. The largest absolute Gasteiger partial charge is 0.401 e. The molecule has 1 heterocycles. The van der Waals surface area contributed by atoms with Gasteiger partial charge in [-0.2, -0.15) is 13.2 Å². The third-order valence-corrected chi connectivity index (χ3v) is 3.54. The van der Waals surface area contributed by atoms with Crippen molar-refractivity contribution in [1.82, 2.24) is 4.90 Å². The number of hydrogen-bond acceptors (Lipinski definition) is 1. The van der Waals surface area contributed by atoms with Crippen molar-refractivity contribution >= 4 is 0 Å². The van der Waals surface area contributed by atoms with Crippen LogP contribution in [0.3, 0.4) is 0 Å². The minimum Gasteiger partial charge on any atom is -0.295 e. The summed E-state index contributed by atoms with van der Waals surface area (Å²) < 4.78 is 36.8. The van der Waals surface area contributed by atoms with E-state index in [4.69, 9.17) is 0 Å². The van der Waals surface area contributed by atoms with Gasteiger partial charge in [0, 0.05) is 0 Å². The predicted molar refractivity (Wildman–Crippen MR) is 65.6 cm³/mol. The number of halogens is 3. The molecule has 4 heteroatoms. The van der Waals surface area contributed by atoms with Crippen molar-refractivity contribution < 1.29 is 13.2 Å². The van der Waals surface area contributed by atoms with Gasteiger partial charge in [0.05, 0.1) is 6.54 Å².